The number of aromatic nitrogens is 1. The Balaban J connectivity index is 2.67. The van der Waals surface area contributed by atoms with E-state index in [4.69, 9.17) is 4.42 Å². The standard InChI is InChI=1S/C14H15NO3/c1-7-5-11-12(6-8(7)2)18-14(15-11)13(9(3)16)10(4)17/h5-6,16H,1-4H3. The Morgan fingerprint density at radius 3 is 2.39 bits per heavy atom. The van der Waals surface area contributed by atoms with Crippen molar-refractivity contribution < 1.29 is 14.3 Å². The van der Waals surface area contributed by atoms with Crippen LogP contribution in [0.2, 0.25) is 0 Å². The summed E-state index contributed by atoms with van der Waals surface area (Å²) in [5.74, 6) is -0.181. The number of oxazole rings is 1. The summed E-state index contributed by atoms with van der Waals surface area (Å²) in [7, 11) is 0. The first kappa shape index (κ1) is 12.4. The van der Waals surface area contributed by atoms with Crippen molar-refractivity contribution in [3.05, 3.63) is 34.9 Å². The molecule has 0 spiro atoms. The number of fused-ring (bicyclic) bond motifs is 1. The van der Waals surface area contributed by atoms with E-state index in [1.54, 1.807) is 0 Å². The number of hydrogen-bond donors (Lipinski definition) is 1. The van der Waals surface area contributed by atoms with Gasteiger partial charge in [-0.2, -0.15) is 0 Å². The third kappa shape index (κ3) is 2.01. The van der Waals surface area contributed by atoms with Crippen molar-refractivity contribution in [2.75, 3.05) is 0 Å². The third-order valence-electron chi connectivity index (χ3n) is 2.93. The van der Waals surface area contributed by atoms with Gasteiger partial charge < -0.3 is 9.52 Å². The lowest BCUT2D eigenvalue weighted by molar-refractivity contribution is -0.112. The van der Waals surface area contributed by atoms with Crippen molar-refractivity contribution in [2.45, 2.75) is 27.7 Å². The fourth-order valence-corrected chi connectivity index (χ4v) is 1.85. The van der Waals surface area contributed by atoms with Crippen LogP contribution in [-0.4, -0.2) is 15.9 Å². The average Bonchev–Trinajstić information content (AvgIpc) is 2.59. The van der Waals surface area contributed by atoms with E-state index < -0.39 is 0 Å². The fraction of sp³-hybridized carbons (Fsp3) is 0.286. The molecule has 4 heteroatoms. The molecule has 1 aromatic carbocycles. The van der Waals surface area contributed by atoms with E-state index in [-0.39, 0.29) is 23.0 Å². The summed E-state index contributed by atoms with van der Waals surface area (Å²) < 4.78 is 5.54. The Morgan fingerprint density at radius 1 is 1.22 bits per heavy atom. The van der Waals surface area contributed by atoms with E-state index in [2.05, 4.69) is 4.98 Å². The minimum Gasteiger partial charge on any atom is -0.512 e. The lowest BCUT2D eigenvalue weighted by Gasteiger charge is -1.98. The molecule has 2 aromatic rings. The van der Waals surface area contributed by atoms with Crippen LogP contribution in [0.3, 0.4) is 0 Å². The van der Waals surface area contributed by atoms with Crippen molar-refractivity contribution in [1.82, 2.24) is 4.98 Å². The van der Waals surface area contributed by atoms with Crippen LogP contribution >= 0.6 is 0 Å². The summed E-state index contributed by atoms with van der Waals surface area (Å²) in [4.78, 5) is 15.7. The Labute approximate surface area is 105 Å². The topological polar surface area (TPSA) is 63.3 Å². The van der Waals surface area contributed by atoms with Gasteiger partial charge in [0.05, 0.1) is 0 Å². The number of aliphatic hydroxyl groups is 1. The zero-order valence-electron chi connectivity index (χ0n) is 10.9. The number of aryl methyl sites for hydroxylation is 2. The third-order valence-corrected chi connectivity index (χ3v) is 2.93. The molecule has 0 saturated carbocycles. The molecule has 4 nitrogen and oxygen atoms in total. The van der Waals surface area contributed by atoms with Crippen LogP contribution in [0.4, 0.5) is 0 Å². The lowest BCUT2D eigenvalue weighted by Crippen LogP contribution is -1.99. The number of allylic oxidation sites excluding steroid dienone is 2. The second kappa shape index (κ2) is 4.29. The molecule has 0 fully saturated rings. The van der Waals surface area contributed by atoms with E-state index in [1.165, 1.54) is 13.8 Å². The molecule has 0 aliphatic rings. The summed E-state index contributed by atoms with van der Waals surface area (Å²) in [5, 5.41) is 9.53. The van der Waals surface area contributed by atoms with Crippen molar-refractivity contribution in [3.8, 4) is 0 Å². The Hall–Kier alpha value is -2.10. The minimum absolute atomic E-state index is 0.0810. The van der Waals surface area contributed by atoms with Crippen LogP contribution in [0.25, 0.3) is 16.7 Å². The zero-order chi connectivity index (χ0) is 13.4. The Bertz CT molecular complexity index is 622. The summed E-state index contributed by atoms with van der Waals surface area (Å²) in [6.07, 6.45) is 0. The average molecular weight is 245 g/mol. The molecule has 1 N–H and O–H groups in total. The molecule has 1 heterocycles. The maximum atomic E-state index is 11.5. The largest absolute Gasteiger partial charge is 0.512 e. The van der Waals surface area contributed by atoms with E-state index in [9.17, 15) is 9.90 Å². The maximum Gasteiger partial charge on any atom is 0.234 e. The second-order valence-electron chi connectivity index (χ2n) is 4.44. The molecule has 1 aromatic heterocycles. The van der Waals surface area contributed by atoms with Crippen molar-refractivity contribution >= 4 is 22.5 Å². The predicted octanol–water partition coefficient (Wildman–Crippen LogP) is 3.32. The molecule has 18 heavy (non-hydrogen) atoms. The van der Waals surface area contributed by atoms with E-state index >= 15 is 0 Å². The number of ketones is 1. The lowest BCUT2D eigenvalue weighted by atomic mass is 10.1. The van der Waals surface area contributed by atoms with Gasteiger partial charge in [-0.1, -0.05) is 0 Å². The van der Waals surface area contributed by atoms with Gasteiger partial charge in [-0.3, -0.25) is 4.79 Å². The van der Waals surface area contributed by atoms with E-state index in [0.29, 0.717) is 11.1 Å². The van der Waals surface area contributed by atoms with Crippen LogP contribution < -0.4 is 0 Å². The molecule has 0 bridgehead atoms. The van der Waals surface area contributed by atoms with E-state index in [0.717, 1.165) is 11.1 Å². The minimum atomic E-state index is -0.269. The van der Waals surface area contributed by atoms with Gasteiger partial charge in [0.2, 0.25) is 5.89 Å². The summed E-state index contributed by atoms with van der Waals surface area (Å²) in [6.45, 7) is 6.79. The number of Topliss-reactive ketones (excluding diaryl/α,β-unsaturated/α-hetero) is 1. The van der Waals surface area contributed by atoms with Crippen molar-refractivity contribution in [3.63, 3.8) is 0 Å². The number of benzene rings is 1. The molecular formula is C14H15NO3. The highest BCUT2D eigenvalue weighted by Crippen LogP contribution is 2.25. The first-order valence-electron chi connectivity index (χ1n) is 5.69. The highest BCUT2D eigenvalue weighted by atomic mass is 16.4. The monoisotopic (exact) mass is 245 g/mol. The van der Waals surface area contributed by atoms with Gasteiger partial charge in [0, 0.05) is 0 Å². The van der Waals surface area contributed by atoms with Crippen LogP contribution in [0, 0.1) is 13.8 Å². The Kier molecular flexibility index (Phi) is 2.95. The Morgan fingerprint density at radius 2 is 1.83 bits per heavy atom. The smallest absolute Gasteiger partial charge is 0.234 e. The molecule has 0 atom stereocenters. The van der Waals surface area contributed by atoms with Crippen molar-refractivity contribution in [2.24, 2.45) is 0 Å². The van der Waals surface area contributed by atoms with Gasteiger partial charge in [0.1, 0.15) is 16.8 Å². The van der Waals surface area contributed by atoms with Gasteiger partial charge in [-0.15, -0.1) is 0 Å². The van der Waals surface area contributed by atoms with Gasteiger partial charge >= 0.3 is 0 Å². The van der Waals surface area contributed by atoms with Gasteiger partial charge in [0.25, 0.3) is 0 Å². The van der Waals surface area contributed by atoms with Crippen LogP contribution in [0.15, 0.2) is 22.3 Å². The number of carbonyl (C=O) groups is 1. The van der Waals surface area contributed by atoms with Gasteiger partial charge in [-0.25, -0.2) is 4.98 Å². The number of aliphatic hydroxyl groups excluding tert-OH is 1. The second-order valence-corrected chi connectivity index (χ2v) is 4.44. The zero-order valence-corrected chi connectivity index (χ0v) is 10.9. The molecule has 0 aliphatic carbocycles. The summed E-state index contributed by atoms with van der Waals surface area (Å²) >= 11 is 0. The summed E-state index contributed by atoms with van der Waals surface area (Å²) in [6, 6.07) is 3.79. The molecule has 0 aliphatic heterocycles. The number of carbonyl (C=O) groups excluding carboxylic acids is 1. The van der Waals surface area contributed by atoms with Gasteiger partial charge in [0.15, 0.2) is 11.4 Å². The first-order valence-corrected chi connectivity index (χ1v) is 5.69. The molecular weight excluding hydrogens is 230 g/mol. The maximum absolute atomic E-state index is 11.5. The van der Waals surface area contributed by atoms with Crippen LogP contribution in [-0.2, 0) is 4.79 Å². The fourth-order valence-electron chi connectivity index (χ4n) is 1.85. The normalized spacial score (nSPS) is 12.7. The molecule has 0 amide bonds. The number of rotatable bonds is 2. The number of hydrogen-bond acceptors (Lipinski definition) is 4. The highest BCUT2D eigenvalue weighted by Gasteiger charge is 2.18. The first-order chi connectivity index (χ1) is 8.40. The molecule has 0 radical (unpaired) electrons. The van der Waals surface area contributed by atoms with Gasteiger partial charge in [-0.05, 0) is 51.0 Å². The molecule has 94 valence electrons. The van der Waals surface area contributed by atoms with Crippen LogP contribution in [0.5, 0.6) is 0 Å². The summed E-state index contributed by atoms with van der Waals surface area (Å²) in [5.41, 5.74) is 3.64. The van der Waals surface area contributed by atoms with E-state index in [1.807, 2.05) is 26.0 Å². The molecule has 2 rings (SSSR count). The quantitative estimate of drug-likeness (QED) is 0.651. The predicted molar refractivity (Wildman–Crippen MR) is 69.4 cm³/mol. The van der Waals surface area contributed by atoms with Crippen molar-refractivity contribution in [1.29, 1.82) is 0 Å². The van der Waals surface area contributed by atoms with Crippen LogP contribution in [0.1, 0.15) is 30.9 Å². The molecule has 0 saturated heterocycles. The SMILES string of the molecule is CC(=O)C(=C(C)O)c1nc2cc(C)c(C)cc2o1. The highest BCUT2D eigenvalue weighted by molar-refractivity contribution is 6.19. The molecule has 0 unspecified atom stereocenters. The number of nitrogens with zero attached hydrogens (tertiary/aromatic N) is 1.